The van der Waals surface area contributed by atoms with Gasteiger partial charge < -0.3 is 14.3 Å². The third-order valence-electron chi connectivity index (χ3n) is 4.15. The molecule has 1 heterocycles. The molecule has 0 atom stereocenters. The van der Waals surface area contributed by atoms with Crippen molar-refractivity contribution in [2.45, 2.75) is 38.2 Å². The number of hydrogen-bond acceptors (Lipinski definition) is 6. The zero-order chi connectivity index (χ0) is 20.6. The lowest BCUT2D eigenvalue weighted by atomic mass is 10.1. The lowest BCUT2D eigenvalue weighted by molar-refractivity contribution is 0.0697. The Morgan fingerprint density at radius 2 is 1.89 bits per heavy atom. The molecule has 0 fully saturated rings. The van der Waals surface area contributed by atoms with Crippen molar-refractivity contribution in [3.8, 4) is 5.75 Å². The zero-order valence-corrected chi connectivity index (χ0v) is 16.5. The minimum Gasteiger partial charge on any atom is -0.487 e. The van der Waals surface area contributed by atoms with Crippen molar-refractivity contribution in [2.24, 2.45) is 0 Å². The summed E-state index contributed by atoms with van der Waals surface area (Å²) < 4.78 is 36.7. The van der Waals surface area contributed by atoms with Gasteiger partial charge in [-0.3, -0.25) is 4.79 Å². The van der Waals surface area contributed by atoms with Crippen molar-refractivity contribution in [3.63, 3.8) is 0 Å². The first-order valence-corrected chi connectivity index (χ1v) is 10.5. The Labute approximate surface area is 161 Å². The molecule has 3 aromatic rings. The second-order valence-electron chi connectivity index (χ2n) is 6.73. The summed E-state index contributed by atoms with van der Waals surface area (Å²) in [6.07, 6.45) is 0.150. The highest BCUT2D eigenvalue weighted by molar-refractivity contribution is 7.91. The molecule has 3 rings (SSSR count). The molecule has 148 valence electrons. The topological polar surface area (TPSA) is 111 Å². The molecule has 0 bridgehead atoms. The van der Waals surface area contributed by atoms with Crippen LogP contribution in [0.5, 0.6) is 5.75 Å². The van der Waals surface area contributed by atoms with Crippen LogP contribution < -0.4 is 10.2 Å². The molecule has 8 heteroatoms. The fraction of sp³-hybridized carbons (Fsp3) is 0.300. The Morgan fingerprint density at radius 3 is 2.50 bits per heavy atom. The lowest BCUT2D eigenvalue weighted by Crippen LogP contribution is -2.12. The summed E-state index contributed by atoms with van der Waals surface area (Å²) in [7, 11) is -3.61. The normalized spacial score (nSPS) is 12.0. The number of hydrogen-bond donors (Lipinski definition) is 1. The Balaban J connectivity index is 2.42. The van der Waals surface area contributed by atoms with E-state index in [9.17, 15) is 18.0 Å². The predicted octanol–water partition coefficient (Wildman–Crippen LogP) is 3.62. The van der Waals surface area contributed by atoms with E-state index in [1.54, 1.807) is 20.8 Å². The van der Waals surface area contributed by atoms with Crippen LogP contribution in [0.25, 0.3) is 21.9 Å². The smallest absolute Gasteiger partial charge is 0.335 e. The monoisotopic (exact) mass is 404 g/mol. The van der Waals surface area contributed by atoms with E-state index in [0.717, 1.165) is 0 Å². The van der Waals surface area contributed by atoms with E-state index in [4.69, 9.17) is 14.3 Å². The van der Waals surface area contributed by atoms with E-state index >= 15 is 0 Å². The number of fused-ring (bicyclic) bond motifs is 2. The standard InChI is InChI=1S/C20H20O7S/c1-4-7-28(24,25)13-9-15-18(21)14-8-12(20(22)23)5-6-16(14)27-19(15)17(10-13)26-11(2)3/h5-6,8-11H,4,7H2,1-3H3,(H,22,23). The van der Waals surface area contributed by atoms with Crippen LogP contribution in [0.15, 0.2) is 44.4 Å². The van der Waals surface area contributed by atoms with E-state index in [2.05, 4.69) is 0 Å². The number of aromatic carboxylic acids is 1. The summed E-state index contributed by atoms with van der Waals surface area (Å²) in [6, 6.07) is 6.60. The second-order valence-corrected chi connectivity index (χ2v) is 8.84. The third-order valence-corrected chi connectivity index (χ3v) is 6.05. The van der Waals surface area contributed by atoms with E-state index in [1.165, 1.54) is 30.3 Å². The van der Waals surface area contributed by atoms with Gasteiger partial charge in [0.2, 0.25) is 5.43 Å². The Kier molecular flexibility index (Phi) is 5.16. The molecule has 2 aromatic carbocycles. The molecular weight excluding hydrogens is 384 g/mol. The molecule has 0 radical (unpaired) electrons. The van der Waals surface area contributed by atoms with Gasteiger partial charge in [0.05, 0.1) is 33.1 Å². The second kappa shape index (κ2) is 7.27. The number of sulfone groups is 1. The number of rotatable bonds is 6. The molecule has 28 heavy (non-hydrogen) atoms. The van der Waals surface area contributed by atoms with Crippen LogP contribution in [0.2, 0.25) is 0 Å². The highest BCUT2D eigenvalue weighted by Crippen LogP contribution is 2.32. The molecule has 0 amide bonds. The number of benzene rings is 2. The first-order valence-electron chi connectivity index (χ1n) is 8.81. The van der Waals surface area contributed by atoms with Crippen molar-refractivity contribution >= 4 is 37.7 Å². The minimum absolute atomic E-state index is 0.0291. The molecule has 0 saturated carbocycles. The van der Waals surface area contributed by atoms with Crippen LogP contribution in [0.3, 0.4) is 0 Å². The first kappa shape index (κ1) is 19.9. The average Bonchev–Trinajstić information content (AvgIpc) is 2.61. The van der Waals surface area contributed by atoms with Crippen molar-refractivity contribution in [3.05, 3.63) is 46.1 Å². The zero-order valence-electron chi connectivity index (χ0n) is 15.7. The van der Waals surface area contributed by atoms with Crippen LogP contribution in [-0.2, 0) is 9.84 Å². The van der Waals surface area contributed by atoms with Gasteiger partial charge in [0.1, 0.15) is 5.58 Å². The van der Waals surface area contributed by atoms with Gasteiger partial charge in [-0.25, -0.2) is 13.2 Å². The summed E-state index contributed by atoms with van der Waals surface area (Å²) >= 11 is 0. The van der Waals surface area contributed by atoms with Crippen LogP contribution in [0, 0.1) is 0 Å². The van der Waals surface area contributed by atoms with Crippen molar-refractivity contribution < 1.29 is 27.5 Å². The van der Waals surface area contributed by atoms with Crippen LogP contribution in [-0.4, -0.2) is 31.4 Å². The van der Waals surface area contributed by atoms with Gasteiger partial charge >= 0.3 is 5.97 Å². The largest absolute Gasteiger partial charge is 0.487 e. The van der Waals surface area contributed by atoms with Crippen molar-refractivity contribution in [1.29, 1.82) is 0 Å². The van der Waals surface area contributed by atoms with Gasteiger partial charge in [-0.05, 0) is 44.5 Å². The quantitative estimate of drug-likeness (QED) is 0.625. The molecule has 0 spiro atoms. The molecule has 0 aliphatic heterocycles. The molecule has 7 nitrogen and oxygen atoms in total. The van der Waals surface area contributed by atoms with E-state index in [0.29, 0.717) is 6.42 Å². The SMILES string of the molecule is CCCS(=O)(=O)c1cc(OC(C)C)c2oc3ccc(C(=O)O)cc3c(=O)c2c1. The summed E-state index contributed by atoms with van der Waals surface area (Å²) in [5, 5.41) is 9.26. The molecule has 1 N–H and O–H groups in total. The summed E-state index contributed by atoms with van der Waals surface area (Å²) in [5.41, 5.74) is -0.251. The van der Waals surface area contributed by atoms with Gasteiger partial charge in [0.25, 0.3) is 0 Å². The molecule has 0 unspecified atom stereocenters. The predicted molar refractivity (Wildman–Crippen MR) is 105 cm³/mol. The lowest BCUT2D eigenvalue weighted by Gasteiger charge is -2.14. The molecule has 0 aliphatic carbocycles. The Hall–Kier alpha value is -2.87. The highest BCUT2D eigenvalue weighted by Gasteiger charge is 2.21. The van der Waals surface area contributed by atoms with Gasteiger partial charge in [-0.1, -0.05) is 6.92 Å². The third kappa shape index (κ3) is 3.60. The highest BCUT2D eigenvalue weighted by atomic mass is 32.2. The number of carboxylic acid groups (broad SMARTS) is 1. The number of carboxylic acids is 1. The van der Waals surface area contributed by atoms with E-state index in [1.807, 2.05) is 0 Å². The Bertz CT molecular complexity index is 1240. The van der Waals surface area contributed by atoms with Crippen LogP contribution in [0.1, 0.15) is 37.6 Å². The van der Waals surface area contributed by atoms with Crippen LogP contribution >= 0.6 is 0 Å². The maximum atomic E-state index is 13.0. The molecule has 0 saturated heterocycles. The maximum absolute atomic E-state index is 13.0. The molecule has 0 aliphatic rings. The van der Waals surface area contributed by atoms with Gasteiger partial charge in [-0.2, -0.15) is 0 Å². The molecule has 1 aromatic heterocycles. The van der Waals surface area contributed by atoms with Crippen LogP contribution in [0.4, 0.5) is 0 Å². The average molecular weight is 404 g/mol. The summed E-state index contributed by atoms with van der Waals surface area (Å²) in [6.45, 7) is 5.30. The van der Waals surface area contributed by atoms with Gasteiger partial charge in [0.15, 0.2) is 21.2 Å². The fourth-order valence-corrected chi connectivity index (χ4v) is 4.30. The molecular formula is C20H20O7S. The number of ether oxygens (including phenoxy) is 1. The number of carbonyl (C=O) groups is 1. The fourth-order valence-electron chi connectivity index (χ4n) is 2.94. The van der Waals surface area contributed by atoms with Gasteiger partial charge in [0, 0.05) is 6.07 Å². The van der Waals surface area contributed by atoms with Crippen molar-refractivity contribution in [1.82, 2.24) is 0 Å². The van der Waals surface area contributed by atoms with Gasteiger partial charge in [-0.15, -0.1) is 0 Å². The van der Waals surface area contributed by atoms with E-state index < -0.39 is 21.2 Å². The first-order chi connectivity index (χ1) is 13.1. The minimum atomic E-state index is -3.61. The van der Waals surface area contributed by atoms with Crippen molar-refractivity contribution in [2.75, 3.05) is 5.75 Å². The summed E-state index contributed by atoms with van der Waals surface area (Å²) in [5.74, 6) is -1.09. The summed E-state index contributed by atoms with van der Waals surface area (Å²) in [4.78, 5) is 24.2. The Morgan fingerprint density at radius 1 is 1.18 bits per heavy atom. The maximum Gasteiger partial charge on any atom is 0.335 e. The van der Waals surface area contributed by atoms with E-state index in [-0.39, 0.29) is 50.0 Å².